The number of fused-ring (bicyclic) bond motifs is 1. The van der Waals surface area contributed by atoms with Crippen molar-refractivity contribution >= 4 is 30.0 Å². The number of nitrogens with zero attached hydrogens (tertiary/aromatic N) is 3. The number of rotatable bonds is 4. The molecule has 1 aliphatic carbocycles. The number of carbonyl (C=O) groups is 1. The molecule has 0 radical (unpaired) electrons. The number of nitrogens with one attached hydrogen (secondary N) is 1. The van der Waals surface area contributed by atoms with Crippen LogP contribution in [0.25, 0.3) is 0 Å². The number of alkyl halides is 2. The Balaban J connectivity index is 1.17. The molecule has 1 N–H and O–H groups in total. The van der Waals surface area contributed by atoms with Crippen molar-refractivity contribution in [3.8, 4) is 17.6 Å². The lowest BCUT2D eigenvalue weighted by atomic mass is 9.77. The van der Waals surface area contributed by atoms with E-state index in [1.807, 2.05) is 46.8 Å². The van der Waals surface area contributed by atoms with E-state index in [2.05, 4.69) is 21.0 Å². The van der Waals surface area contributed by atoms with Crippen molar-refractivity contribution in [2.24, 2.45) is 4.99 Å². The van der Waals surface area contributed by atoms with Gasteiger partial charge in [-0.05, 0) is 89.5 Å². The molecule has 1 saturated carbocycles. The first-order valence-corrected chi connectivity index (χ1v) is 14.7. The van der Waals surface area contributed by atoms with Crippen LogP contribution in [0.4, 0.5) is 14.5 Å². The smallest absolute Gasteiger partial charge is 0.399 e. The van der Waals surface area contributed by atoms with Gasteiger partial charge in [0.25, 0.3) is 5.91 Å². The van der Waals surface area contributed by atoms with Crippen LogP contribution in [-0.2, 0) is 14.1 Å². The first kappa shape index (κ1) is 28.1. The van der Waals surface area contributed by atoms with Gasteiger partial charge in [0.05, 0.1) is 22.5 Å². The molecule has 2 saturated heterocycles. The maximum Gasteiger partial charge on any atom is 0.586 e. The lowest BCUT2D eigenvalue weighted by molar-refractivity contribution is -0.286. The van der Waals surface area contributed by atoms with Crippen molar-refractivity contribution in [1.82, 2.24) is 5.32 Å². The number of carbonyl (C=O) groups excluding carboxylic acids is 1. The maximum atomic E-state index is 13.9. The minimum absolute atomic E-state index is 0.00623. The summed E-state index contributed by atoms with van der Waals surface area (Å²) in [5.74, 6) is 0.213. The summed E-state index contributed by atoms with van der Waals surface area (Å²) in [6, 6.07) is 10.9. The zero-order chi connectivity index (χ0) is 30.5. The van der Waals surface area contributed by atoms with E-state index >= 15 is 0 Å². The van der Waals surface area contributed by atoms with Gasteiger partial charge in [0.1, 0.15) is 17.4 Å². The molecule has 4 heterocycles. The molecular formula is C31H33BF2N4O5. The molecule has 9 nitrogen and oxygen atoms in total. The summed E-state index contributed by atoms with van der Waals surface area (Å²) in [5.41, 5.74) is 1.28. The van der Waals surface area contributed by atoms with Gasteiger partial charge in [-0.1, -0.05) is 6.07 Å². The van der Waals surface area contributed by atoms with Crippen LogP contribution in [0.5, 0.6) is 11.5 Å². The summed E-state index contributed by atoms with van der Waals surface area (Å²) >= 11 is 0. The molecule has 1 amide bonds. The summed E-state index contributed by atoms with van der Waals surface area (Å²) < 4.78 is 49.9. The third-order valence-electron chi connectivity index (χ3n) is 9.74. The van der Waals surface area contributed by atoms with E-state index in [-0.39, 0.29) is 29.4 Å². The molecule has 2 aromatic carbocycles. The first-order valence-electron chi connectivity index (χ1n) is 14.7. The zero-order valence-corrected chi connectivity index (χ0v) is 24.8. The summed E-state index contributed by atoms with van der Waals surface area (Å²) in [7, 11) is -0.571. The fourth-order valence-corrected chi connectivity index (χ4v) is 6.56. The molecule has 2 atom stereocenters. The van der Waals surface area contributed by atoms with Gasteiger partial charge in [0.15, 0.2) is 11.5 Å². The minimum atomic E-state index is -3.73. The molecule has 4 aliphatic heterocycles. The molecule has 3 fully saturated rings. The van der Waals surface area contributed by atoms with Crippen LogP contribution < -0.4 is 25.2 Å². The second kappa shape index (κ2) is 9.16. The number of piperidine rings is 1. The third-order valence-corrected chi connectivity index (χ3v) is 9.74. The number of nitriles is 1. The summed E-state index contributed by atoms with van der Waals surface area (Å²) in [5, 5.41) is 12.9. The van der Waals surface area contributed by atoms with E-state index in [1.165, 1.54) is 6.07 Å². The highest BCUT2D eigenvalue weighted by atomic mass is 19.3. The Kier molecular flexibility index (Phi) is 5.99. The van der Waals surface area contributed by atoms with Crippen molar-refractivity contribution in [3.05, 3.63) is 47.0 Å². The molecule has 0 unspecified atom stereocenters. The Hall–Kier alpha value is -3.69. The number of ether oxygens (including phenoxy) is 2. The van der Waals surface area contributed by atoms with E-state index in [4.69, 9.17) is 19.0 Å². The lowest BCUT2D eigenvalue weighted by Crippen LogP contribution is -2.53. The Morgan fingerprint density at radius 1 is 1.09 bits per heavy atom. The standard InChI is InChI=1S/C31H33BF2N4O5/c1-17-15-30(12-13-38(17)22-14-20(9-8-19(22)16-35)32-42-28(2,3)29(4,5)43-32)27(39)36-26(37-30)21-10-11-23-25(24(21)18-6-7-18)41-31(33,34)40-23/h8-11,14,17-18H,6-7,12-13,15H2,1-5H3,(H,36,37,39)/t17-,30+/m0/s1. The molecule has 0 aromatic heterocycles. The topological polar surface area (TPSA) is 105 Å². The van der Waals surface area contributed by atoms with Gasteiger partial charge in [-0.2, -0.15) is 5.26 Å². The van der Waals surface area contributed by atoms with Crippen LogP contribution in [0.1, 0.15) is 82.9 Å². The zero-order valence-electron chi connectivity index (χ0n) is 24.8. The normalized spacial score (nSPS) is 28.2. The van der Waals surface area contributed by atoms with E-state index in [0.29, 0.717) is 41.9 Å². The Bertz CT molecular complexity index is 1600. The monoisotopic (exact) mass is 590 g/mol. The van der Waals surface area contributed by atoms with E-state index in [0.717, 1.165) is 24.0 Å². The third kappa shape index (κ3) is 4.47. The Morgan fingerprint density at radius 3 is 2.47 bits per heavy atom. The van der Waals surface area contributed by atoms with E-state index in [1.54, 1.807) is 12.1 Å². The number of anilines is 1. The van der Waals surface area contributed by atoms with E-state index in [9.17, 15) is 18.8 Å². The van der Waals surface area contributed by atoms with Crippen LogP contribution in [0.15, 0.2) is 35.3 Å². The van der Waals surface area contributed by atoms with Gasteiger partial charge >= 0.3 is 13.4 Å². The number of aliphatic imine (C=N–C) groups is 1. The molecular weight excluding hydrogens is 557 g/mol. The average molecular weight is 590 g/mol. The van der Waals surface area contributed by atoms with Crippen molar-refractivity contribution in [2.45, 2.75) is 95.3 Å². The van der Waals surface area contributed by atoms with Crippen LogP contribution in [0.2, 0.25) is 0 Å². The van der Waals surface area contributed by atoms with Crippen LogP contribution in [0, 0.1) is 11.3 Å². The molecule has 5 aliphatic rings. The first-order chi connectivity index (χ1) is 20.2. The van der Waals surface area contributed by atoms with E-state index < -0.39 is 30.2 Å². The summed E-state index contributed by atoms with van der Waals surface area (Å²) in [4.78, 5) is 20.6. The van der Waals surface area contributed by atoms with Gasteiger partial charge < -0.3 is 29.0 Å². The predicted octanol–water partition coefficient (Wildman–Crippen LogP) is 4.36. The van der Waals surface area contributed by atoms with Crippen LogP contribution >= 0.6 is 0 Å². The highest BCUT2D eigenvalue weighted by Gasteiger charge is 2.53. The molecule has 2 aromatic rings. The molecule has 12 heteroatoms. The van der Waals surface area contributed by atoms with Gasteiger partial charge in [-0.15, -0.1) is 8.78 Å². The minimum Gasteiger partial charge on any atom is -0.399 e. The second-order valence-corrected chi connectivity index (χ2v) is 13.2. The number of amides is 1. The molecule has 7 rings (SSSR count). The molecule has 1 spiro atoms. The number of halogens is 2. The molecule has 224 valence electrons. The van der Waals surface area contributed by atoms with Crippen molar-refractivity contribution in [1.29, 1.82) is 5.26 Å². The maximum absolute atomic E-state index is 13.9. The molecule has 43 heavy (non-hydrogen) atoms. The number of amidine groups is 1. The van der Waals surface area contributed by atoms with Gasteiger partial charge in [0.2, 0.25) is 0 Å². The quantitative estimate of drug-likeness (QED) is 0.528. The summed E-state index contributed by atoms with van der Waals surface area (Å²) in [6.07, 6.45) is -1.22. The number of benzene rings is 2. The Labute approximate surface area is 249 Å². The predicted molar refractivity (Wildman–Crippen MR) is 155 cm³/mol. The van der Waals surface area contributed by atoms with Crippen molar-refractivity contribution in [3.63, 3.8) is 0 Å². The largest absolute Gasteiger partial charge is 0.586 e. The van der Waals surface area contributed by atoms with Crippen molar-refractivity contribution in [2.75, 3.05) is 11.4 Å². The van der Waals surface area contributed by atoms with Gasteiger partial charge in [-0.3, -0.25) is 9.79 Å². The second-order valence-electron chi connectivity index (χ2n) is 13.2. The summed E-state index contributed by atoms with van der Waals surface area (Å²) in [6.45, 7) is 10.5. The highest BCUT2D eigenvalue weighted by molar-refractivity contribution is 6.62. The fraction of sp³-hybridized carbons (Fsp3) is 0.516. The number of hydrogen-bond donors (Lipinski definition) is 1. The fourth-order valence-electron chi connectivity index (χ4n) is 6.56. The lowest BCUT2D eigenvalue weighted by Gasteiger charge is -2.42. The number of hydrogen-bond acceptors (Lipinski definition) is 8. The SMILES string of the molecule is C[C@H]1C[C@@]2(CCN1c1cc(B3OC(C)(C)C(C)(C)O3)ccc1C#N)N=C(c1ccc3c(c1C1CC1)OC(F)(F)O3)NC2=O. The average Bonchev–Trinajstić information content (AvgIpc) is 3.60. The Morgan fingerprint density at radius 2 is 1.81 bits per heavy atom. The van der Waals surface area contributed by atoms with Crippen LogP contribution in [-0.4, -0.2) is 54.5 Å². The van der Waals surface area contributed by atoms with Crippen LogP contribution in [0.3, 0.4) is 0 Å². The molecule has 0 bridgehead atoms. The van der Waals surface area contributed by atoms with Gasteiger partial charge in [-0.25, -0.2) is 0 Å². The highest BCUT2D eigenvalue weighted by Crippen LogP contribution is 2.54. The van der Waals surface area contributed by atoms with Crippen molar-refractivity contribution < 1.29 is 32.4 Å². The van der Waals surface area contributed by atoms with Gasteiger partial charge in [0, 0.05) is 30.1 Å².